The predicted octanol–water partition coefficient (Wildman–Crippen LogP) is 4.74. The average molecular weight is 534 g/mol. The van der Waals surface area contributed by atoms with Crippen LogP contribution in [0.5, 0.6) is 5.75 Å². The monoisotopic (exact) mass is 533 g/mol. The molecule has 1 aliphatic heterocycles. The van der Waals surface area contributed by atoms with E-state index in [0.29, 0.717) is 10.8 Å². The largest absolute Gasteiger partial charge is 0.497 e. The second-order valence-electron chi connectivity index (χ2n) is 8.87. The number of pyridine rings is 1. The molecule has 3 heterocycles. The van der Waals surface area contributed by atoms with E-state index in [-0.39, 0.29) is 12.1 Å². The second-order valence-corrected chi connectivity index (χ2v) is 11.0. The second kappa shape index (κ2) is 9.87. The molecule has 2 N–H and O–H groups in total. The Balaban J connectivity index is 1.62. The van der Waals surface area contributed by atoms with Crippen LogP contribution in [0, 0.1) is 6.92 Å². The van der Waals surface area contributed by atoms with Crippen LogP contribution in [0.1, 0.15) is 29.0 Å². The summed E-state index contributed by atoms with van der Waals surface area (Å²) in [4.78, 5) is 6.70. The van der Waals surface area contributed by atoms with Gasteiger partial charge < -0.3 is 19.5 Å². The molecule has 37 heavy (non-hydrogen) atoms. The highest BCUT2D eigenvalue weighted by Crippen LogP contribution is 2.43. The van der Waals surface area contributed by atoms with E-state index in [0.717, 1.165) is 40.3 Å². The van der Waals surface area contributed by atoms with E-state index in [1.165, 1.54) is 0 Å². The lowest BCUT2D eigenvalue weighted by molar-refractivity contribution is 0.414. The van der Waals surface area contributed by atoms with Crippen molar-refractivity contribution in [2.24, 2.45) is 0 Å². The quantitative estimate of drug-likeness (QED) is 0.332. The number of methoxy groups -OCH3 is 1. The highest BCUT2D eigenvalue weighted by molar-refractivity contribution is 7.92. The van der Waals surface area contributed by atoms with E-state index >= 15 is 0 Å². The molecule has 1 fully saturated rings. The molecule has 0 spiro atoms. The van der Waals surface area contributed by atoms with E-state index < -0.39 is 10.0 Å². The Morgan fingerprint density at radius 2 is 1.78 bits per heavy atom. The van der Waals surface area contributed by atoms with Crippen molar-refractivity contribution in [2.45, 2.75) is 19.0 Å². The average Bonchev–Trinajstić information content (AvgIpc) is 3.49. The van der Waals surface area contributed by atoms with Crippen molar-refractivity contribution in [1.29, 1.82) is 0 Å². The third kappa shape index (κ3) is 5.03. The zero-order chi connectivity index (χ0) is 26.2. The summed E-state index contributed by atoms with van der Waals surface area (Å²) in [6.07, 6.45) is 4.94. The van der Waals surface area contributed by atoms with Gasteiger partial charge in [-0.3, -0.25) is 9.71 Å². The number of anilines is 2. The lowest BCUT2D eigenvalue weighted by Gasteiger charge is -2.29. The summed E-state index contributed by atoms with van der Waals surface area (Å²) in [5, 5.41) is 4.04. The molecular formula is C27H27N5O3S2. The summed E-state index contributed by atoms with van der Waals surface area (Å²) in [5.41, 5.74) is 5.04. The number of sulfonamides is 1. The Morgan fingerprint density at radius 3 is 2.43 bits per heavy atom. The lowest BCUT2D eigenvalue weighted by atomic mass is 10.0. The molecule has 2 unspecified atom stereocenters. The summed E-state index contributed by atoms with van der Waals surface area (Å²) in [5.74, 6) is 0.785. The van der Waals surface area contributed by atoms with E-state index in [2.05, 4.69) is 30.6 Å². The maximum absolute atomic E-state index is 11.8. The van der Waals surface area contributed by atoms with E-state index in [4.69, 9.17) is 17.0 Å². The first-order chi connectivity index (χ1) is 17.7. The third-order valence-electron chi connectivity index (χ3n) is 6.32. The van der Waals surface area contributed by atoms with Gasteiger partial charge in [-0.1, -0.05) is 6.07 Å². The number of thiocarbonyl (C=S) groups is 1. The Labute approximate surface area is 222 Å². The van der Waals surface area contributed by atoms with Crippen LogP contribution in [0.2, 0.25) is 0 Å². The molecule has 2 aromatic heterocycles. The van der Waals surface area contributed by atoms with Crippen molar-refractivity contribution in [2.75, 3.05) is 23.0 Å². The predicted molar refractivity (Wildman–Crippen MR) is 150 cm³/mol. The smallest absolute Gasteiger partial charge is 0.229 e. The molecule has 8 nitrogen and oxygen atoms in total. The van der Waals surface area contributed by atoms with Gasteiger partial charge in [0.05, 0.1) is 30.8 Å². The first-order valence-corrected chi connectivity index (χ1v) is 14.0. The number of benzene rings is 2. The van der Waals surface area contributed by atoms with Crippen LogP contribution >= 0.6 is 12.2 Å². The standard InChI is InChI=1S/C27H27N5O3S2/c1-18-17-20(11-14-22(18)30-37(3,33)34)32-26(25(29-27(32)36)23-7-4-5-15-28-23)24-8-6-16-31(24)19-9-12-21(35-2)13-10-19/h4-17,25-26,30H,1-3H3,(H,29,36). The topological polar surface area (TPSA) is 88.5 Å². The van der Waals surface area contributed by atoms with Crippen molar-refractivity contribution >= 4 is 38.7 Å². The number of ether oxygens (including phenoxy) is 1. The molecule has 10 heteroatoms. The van der Waals surface area contributed by atoms with Gasteiger partial charge in [0.25, 0.3) is 0 Å². The van der Waals surface area contributed by atoms with Crippen LogP contribution in [0.3, 0.4) is 0 Å². The van der Waals surface area contributed by atoms with Crippen LogP contribution in [0.4, 0.5) is 11.4 Å². The van der Waals surface area contributed by atoms with E-state index in [1.807, 2.05) is 73.8 Å². The van der Waals surface area contributed by atoms with Gasteiger partial charge in [-0.15, -0.1) is 0 Å². The van der Waals surface area contributed by atoms with Gasteiger partial charge in [-0.05, 0) is 91.4 Å². The maximum Gasteiger partial charge on any atom is 0.229 e. The van der Waals surface area contributed by atoms with Crippen LogP contribution < -0.4 is 19.7 Å². The van der Waals surface area contributed by atoms with Crippen molar-refractivity contribution < 1.29 is 13.2 Å². The minimum atomic E-state index is -3.40. The molecule has 0 saturated carbocycles. The first kappa shape index (κ1) is 24.8. The van der Waals surface area contributed by atoms with Gasteiger partial charge in [-0.25, -0.2) is 8.42 Å². The van der Waals surface area contributed by atoms with Gasteiger partial charge in [-0.2, -0.15) is 0 Å². The number of aryl methyl sites for hydroxylation is 1. The Morgan fingerprint density at radius 1 is 1.03 bits per heavy atom. The maximum atomic E-state index is 11.8. The molecule has 5 rings (SSSR count). The molecule has 190 valence electrons. The normalized spacial score (nSPS) is 17.5. The van der Waals surface area contributed by atoms with Crippen LogP contribution in [-0.2, 0) is 10.0 Å². The number of nitrogens with one attached hydrogen (secondary N) is 2. The first-order valence-electron chi connectivity index (χ1n) is 11.7. The SMILES string of the molecule is COc1ccc(-n2cccc2C2C(c3ccccn3)NC(=S)N2c2ccc(NS(C)(=O)=O)c(C)c2)cc1. The van der Waals surface area contributed by atoms with Gasteiger partial charge in [0.15, 0.2) is 5.11 Å². The molecule has 2 atom stereocenters. The molecular weight excluding hydrogens is 506 g/mol. The highest BCUT2D eigenvalue weighted by Gasteiger charge is 2.42. The summed E-state index contributed by atoms with van der Waals surface area (Å²) in [6, 6.07) is 23.0. The molecule has 0 aliphatic carbocycles. The third-order valence-corrected chi connectivity index (χ3v) is 7.22. The minimum Gasteiger partial charge on any atom is -0.497 e. The summed E-state index contributed by atoms with van der Waals surface area (Å²) < 4.78 is 33.6. The summed E-state index contributed by atoms with van der Waals surface area (Å²) in [6.45, 7) is 1.87. The fraction of sp³-hybridized carbons (Fsp3) is 0.185. The van der Waals surface area contributed by atoms with Gasteiger partial charge in [0.2, 0.25) is 10.0 Å². The molecule has 1 saturated heterocycles. The van der Waals surface area contributed by atoms with Crippen LogP contribution in [0.25, 0.3) is 5.69 Å². The molecule has 0 bridgehead atoms. The number of aromatic nitrogens is 2. The molecule has 2 aromatic carbocycles. The lowest BCUT2D eigenvalue weighted by Crippen LogP contribution is -2.30. The van der Waals surface area contributed by atoms with E-state index in [1.54, 1.807) is 19.4 Å². The number of hydrogen-bond acceptors (Lipinski definition) is 5. The fourth-order valence-corrected chi connectivity index (χ4v) is 5.63. The number of hydrogen-bond donors (Lipinski definition) is 2. The van der Waals surface area contributed by atoms with Gasteiger partial charge >= 0.3 is 0 Å². The summed E-state index contributed by atoms with van der Waals surface area (Å²) >= 11 is 5.86. The Hall–Kier alpha value is -3.89. The zero-order valence-corrected chi connectivity index (χ0v) is 22.3. The minimum absolute atomic E-state index is 0.213. The van der Waals surface area contributed by atoms with Crippen molar-refractivity contribution in [1.82, 2.24) is 14.9 Å². The van der Waals surface area contributed by atoms with Gasteiger partial charge in [0, 0.05) is 29.5 Å². The fourth-order valence-electron chi connectivity index (χ4n) is 4.66. The van der Waals surface area contributed by atoms with Crippen LogP contribution in [-0.4, -0.2) is 36.4 Å². The molecule has 0 radical (unpaired) electrons. The highest BCUT2D eigenvalue weighted by atomic mass is 32.2. The summed E-state index contributed by atoms with van der Waals surface area (Å²) in [7, 11) is -1.75. The van der Waals surface area contributed by atoms with Crippen molar-refractivity contribution in [3.63, 3.8) is 0 Å². The van der Waals surface area contributed by atoms with Crippen molar-refractivity contribution in [3.8, 4) is 11.4 Å². The zero-order valence-electron chi connectivity index (χ0n) is 20.6. The van der Waals surface area contributed by atoms with Crippen molar-refractivity contribution in [3.05, 3.63) is 102 Å². The number of nitrogens with zero attached hydrogens (tertiary/aromatic N) is 3. The Kier molecular flexibility index (Phi) is 6.61. The molecule has 1 aliphatic rings. The molecule has 4 aromatic rings. The Bertz CT molecular complexity index is 1540. The number of rotatable bonds is 7. The van der Waals surface area contributed by atoms with E-state index in [9.17, 15) is 8.42 Å². The molecule has 0 amide bonds. The van der Waals surface area contributed by atoms with Crippen LogP contribution in [0.15, 0.2) is 85.2 Å². The van der Waals surface area contributed by atoms with Gasteiger partial charge in [0.1, 0.15) is 11.8 Å².